The fourth-order valence-electron chi connectivity index (χ4n) is 2.14. The highest BCUT2D eigenvalue weighted by Gasteiger charge is 2.10. The second-order valence-corrected chi connectivity index (χ2v) is 5.93. The minimum atomic E-state index is 0.185. The Morgan fingerprint density at radius 1 is 0.722 bits per heavy atom. The summed E-state index contributed by atoms with van der Waals surface area (Å²) >= 11 is 0. The second kappa shape index (κ2) is 10.7. The number of rotatable bonds is 11. The Morgan fingerprint density at radius 2 is 1.06 bits per heavy atom. The fraction of sp³-hybridized carbons (Fsp3) is 1.00. The molecule has 0 bridgehead atoms. The van der Waals surface area contributed by atoms with Crippen LogP contribution >= 0.6 is 0 Å². The predicted octanol–water partition coefficient (Wildman–Crippen LogP) is 0.980. The van der Waals surface area contributed by atoms with Gasteiger partial charge in [0.2, 0.25) is 0 Å². The lowest BCUT2D eigenvalue weighted by Crippen LogP contribution is -2.42. The summed E-state index contributed by atoms with van der Waals surface area (Å²) in [6.45, 7) is 10.7. The first kappa shape index (κ1) is 17.8. The van der Waals surface area contributed by atoms with Crippen molar-refractivity contribution in [2.75, 3.05) is 26.3 Å². The van der Waals surface area contributed by atoms with Crippen LogP contribution in [0.4, 0.5) is 0 Å². The number of aliphatic hydroxyl groups is 2. The van der Waals surface area contributed by atoms with Crippen molar-refractivity contribution in [3.05, 3.63) is 0 Å². The molecule has 0 heterocycles. The minimum Gasteiger partial charge on any atom is -0.395 e. The van der Waals surface area contributed by atoms with Crippen LogP contribution in [0.15, 0.2) is 0 Å². The van der Waals surface area contributed by atoms with Gasteiger partial charge in [-0.25, -0.2) is 0 Å². The molecule has 18 heavy (non-hydrogen) atoms. The molecule has 0 unspecified atom stereocenters. The molecule has 110 valence electrons. The van der Waals surface area contributed by atoms with Crippen LogP contribution in [0.3, 0.4) is 0 Å². The van der Waals surface area contributed by atoms with Crippen LogP contribution < -0.4 is 10.6 Å². The Morgan fingerprint density at radius 3 is 1.28 bits per heavy atom. The summed E-state index contributed by atoms with van der Waals surface area (Å²) < 4.78 is 0. The topological polar surface area (TPSA) is 64.5 Å². The number of aliphatic hydroxyl groups excluding tert-OH is 2. The van der Waals surface area contributed by atoms with E-state index in [4.69, 9.17) is 0 Å². The lowest BCUT2D eigenvalue weighted by molar-refractivity contribution is 0.214. The molecule has 0 aliphatic heterocycles. The van der Waals surface area contributed by atoms with Crippen LogP contribution in [0.1, 0.15) is 40.5 Å². The van der Waals surface area contributed by atoms with Crippen molar-refractivity contribution in [3.63, 3.8) is 0 Å². The van der Waals surface area contributed by atoms with Crippen molar-refractivity contribution in [2.45, 2.75) is 52.6 Å². The maximum Gasteiger partial charge on any atom is 0.0584 e. The summed E-state index contributed by atoms with van der Waals surface area (Å²) in [6, 6.07) is 0.369. The molecule has 4 N–H and O–H groups in total. The molecule has 0 aromatic heterocycles. The van der Waals surface area contributed by atoms with Crippen LogP contribution in [0.2, 0.25) is 0 Å². The Balaban J connectivity index is 3.68. The van der Waals surface area contributed by atoms with Gasteiger partial charge in [-0.2, -0.15) is 0 Å². The largest absolute Gasteiger partial charge is 0.395 e. The molecule has 0 aliphatic rings. The molecule has 0 fully saturated rings. The number of hydrogen-bond donors (Lipinski definition) is 4. The van der Waals surface area contributed by atoms with Gasteiger partial charge in [-0.1, -0.05) is 27.7 Å². The Bertz CT molecular complexity index is 167. The molecular formula is C14H32N2O2. The van der Waals surface area contributed by atoms with Crippen molar-refractivity contribution in [1.29, 1.82) is 0 Å². The van der Waals surface area contributed by atoms with E-state index in [1.807, 2.05) is 0 Å². The van der Waals surface area contributed by atoms with Crippen LogP contribution in [0.5, 0.6) is 0 Å². The molecule has 2 atom stereocenters. The highest BCUT2D eigenvalue weighted by atomic mass is 16.3. The summed E-state index contributed by atoms with van der Waals surface area (Å²) in [5.74, 6) is 1.18. The van der Waals surface area contributed by atoms with Crippen LogP contribution in [0, 0.1) is 11.8 Å². The zero-order valence-corrected chi connectivity index (χ0v) is 12.4. The highest BCUT2D eigenvalue weighted by Crippen LogP contribution is 2.04. The molecule has 4 nitrogen and oxygen atoms in total. The van der Waals surface area contributed by atoms with Gasteiger partial charge >= 0.3 is 0 Å². The quantitative estimate of drug-likeness (QED) is 0.418. The summed E-state index contributed by atoms with van der Waals surface area (Å²) in [5.41, 5.74) is 0. The van der Waals surface area contributed by atoms with E-state index in [-0.39, 0.29) is 25.3 Å². The molecular weight excluding hydrogens is 228 g/mol. The first-order chi connectivity index (χ1) is 8.49. The van der Waals surface area contributed by atoms with Gasteiger partial charge in [0.15, 0.2) is 0 Å². The lowest BCUT2D eigenvalue weighted by Gasteiger charge is -2.21. The molecule has 4 heteroatoms. The monoisotopic (exact) mass is 260 g/mol. The van der Waals surface area contributed by atoms with E-state index in [1.165, 1.54) is 0 Å². The predicted molar refractivity (Wildman–Crippen MR) is 76.7 cm³/mol. The van der Waals surface area contributed by atoms with Gasteiger partial charge in [0.05, 0.1) is 13.2 Å². The summed E-state index contributed by atoms with van der Waals surface area (Å²) in [7, 11) is 0. The SMILES string of the molecule is CC(C)C[C@@H](CO)NCCN[C@H](CO)CC(C)C. The van der Waals surface area contributed by atoms with E-state index < -0.39 is 0 Å². The van der Waals surface area contributed by atoms with Gasteiger partial charge in [-0.15, -0.1) is 0 Å². The summed E-state index contributed by atoms with van der Waals surface area (Å²) in [5, 5.41) is 25.1. The van der Waals surface area contributed by atoms with E-state index >= 15 is 0 Å². The van der Waals surface area contributed by atoms with Gasteiger partial charge in [0.1, 0.15) is 0 Å². The van der Waals surface area contributed by atoms with Crippen LogP contribution in [-0.2, 0) is 0 Å². The first-order valence-electron chi connectivity index (χ1n) is 7.18. The average molecular weight is 260 g/mol. The van der Waals surface area contributed by atoms with Crippen molar-refractivity contribution in [1.82, 2.24) is 10.6 Å². The summed E-state index contributed by atoms with van der Waals surface area (Å²) in [4.78, 5) is 0. The fourth-order valence-corrected chi connectivity index (χ4v) is 2.14. The lowest BCUT2D eigenvalue weighted by atomic mass is 10.0. The maximum absolute atomic E-state index is 9.23. The zero-order valence-electron chi connectivity index (χ0n) is 12.4. The Kier molecular flexibility index (Phi) is 10.6. The molecule has 0 amide bonds. The third-order valence-corrected chi connectivity index (χ3v) is 2.94. The van der Waals surface area contributed by atoms with Crippen molar-refractivity contribution < 1.29 is 10.2 Å². The van der Waals surface area contributed by atoms with Gasteiger partial charge in [-0.05, 0) is 24.7 Å². The minimum absolute atomic E-state index is 0.185. The van der Waals surface area contributed by atoms with Crippen LogP contribution in [-0.4, -0.2) is 48.6 Å². The second-order valence-electron chi connectivity index (χ2n) is 5.93. The van der Waals surface area contributed by atoms with E-state index in [0.29, 0.717) is 11.8 Å². The Hall–Kier alpha value is -0.160. The molecule has 0 aliphatic carbocycles. The van der Waals surface area contributed by atoms with Gasteiger partial charge in [0, 0.05) is 25.2 Å². The van der Waals surface area contributed by atoms with Gasteiger partial charge in [-0.3, -0.25) is 0 Å². The van der Waals surface area contributed by atoms with E-state index in [0.717, 1.165) is 25.9 Å². The first-order valence-corrected chi connectivity index (χ1v) is 7.18. The molecule has 0 spiro atoms. The van der Waals surface area contributed by atoms with Crippen molar-refractivity contribution in [2.24, 2.45) is 11.8 Å². The van der Waals surface area contributed by atoms with Crippen molar-refractivity contribution >= 4 is 0 Å². The third kappa shape index (κ3) is 9.83. The van der Waals surface area contributed by atoms with Gasteiger partial charge < -0.3 is 20.8 Å². The summed E-state index contributed by atoms with van der Waals surface area (Å²) in [6.07, 6.45) is 1.98. The molecule has 0 saturated heterocycles. The highest BCUT2D eigenvalue weighted by molar-refractivity contribution is 4.71. The zero-order chi connectivity index (χ0) is 14.0. The molecule has 0 aromatic rings. The average Bonchev–Trinajstić information content (AvgIpc) is 2.30. The standard InChI is InChI=1S/C14H32N2O2/c1-11(2)7-13(9-17)15-5-6-16-14(10-18)8-12(3)4/h11-18H,5-10H2,1-4H3/t13-,14-/m0/s1. The number of hydrogen-bond acceptors (Lipinski definition) is 4. The number of nitrogens with one attached hydrogen (secondary N) is 2. The normalized spacial score (nSPS) is 15.3. The smallest absolute Gasteiger partial charge is 0.0584 e. The van der Waals surface area contributed by atoms with E-state index in [2.05, 4.69) is 38.3 Å². The van der Waals surface area contributed by atoms with E-state index in [1.54, 1.807) is 0 Å². The Labute approximate surface area is 112 Å². The molecule has 0 rings (SSSR count). The molecule has 0 aromatic carbocycles. The molecule has 0 saturated carbocycles. The van der Waals surface area contributed by atoms with Gasteiger partial charge in [0.25, 0.3) is 0 Å². The maximum atomic E-state index is 9.23. The van der Waals surface area contributed by atoms with Crippen molar-refractivity contribution in [3.8, 4) is 0 Å². The molecule has 0 radical (unpaired) electrons. The third-order valence-electron chi connectivity index (χ3n) is 2.94. The van der Waals surface area contributed by atoms with E-state index in [9.17, 15) is 10.2 Å². The van der Waals surface area contributed by atoms with Crippen LogP contribution in [0.25, 0.3) is 0 Å².